The third kappa shape index (κ3) is 4.59. The van der Waals surface area contributed by atoms with Crippen molar-refractivity contribution in [3.63, 3.8) is 0 Å². The summed E-state index contributed by atoms with van der Waals surface area (Å²) in [6.45, 7) is 8.90. The number of rotatable bonds is 6. The number of hydrogen-bond acceptors (Lipinski definition) is 4. The molecule has 0 fully saturated rings. The topological polar surface area (TPSA) is 47.7 Å². The third-order valence-electron chi connectivity index (χ3n) is 4.39. The van der Waals surface area contributed by atoms with Crippen molar-refractivity contribution in [2.75, 3.05) is 30.3 Å². The highest BCUT2D eigenvalue weighted by Crippen LogP contribution is 2.38. The number of unbranched alkanes of at least 4 members (excludes halogenated alkanes) is 1. The number of hydrogen-bond donors (Lipinski definition) is 1. The summed E-state index contributed by atoms with van der Waals surface area (Å²) in [5.74, 6) is 1.86. The molecule has 0 atom stereocenters. The van der Waals surface area contributed by atoms with Crippen molar-refractivity contribution < 1.29 is 9.47 Å². The molecular weight excluding hydrogens is 312 g/mol. The summed E-state index contributed by atoms with van der Waals surface area (Å²) in [7, 11) is 0. The van der Waals surface area contributed by atoms with Gasteiger partial charge in [0.15, 0.2) is 0 Å². The molecule has 0 aliphatic carbocycles. The molecule has 4 heteroatoms. The number of nitrogen functional groups attached to an aromatic ring is 1. The molecule has 4 nitrogen and oxygen atoms in total. The van der Waals surface area contributed by atoms with Crippen molar-refractivity contribution in [1.82, 2.24) is 0 Å². The Morgan fingerprint density at radius 1 is 1.12 bits per heavy atom. The molecule has 134 valence electrons. The van der Waals surface area contributed by atoms with Crippen LogP contribution in [0, 0.1) is 6.92 Å². The molecule has 0 saturated carbocycles. The van der Waals surface area contributed by atoms with Gasteiger partial charge in [0.05, 0.1) is 18.8 Å². The lowest BCUT2D eigenvalue weighted by atomic mass is 10.0. The van der Waals surface area contributed by atoms with Crippen LogP contribution in [0.15, 0.2) is 42.5 Å². The van der Waals surface area contributed by atoms with Crippen molar-refractivity contribution in [2.24, 2.45) is 0 Å². The first kappa shape index (κ1) is 17.5. The van der Waals surface area contributed by atoms with Gasteiger partial charge in [0.25, 0.3) is 0 Å². The second kappa shape index (κ2) is 7.26. The zero-order valence-corrected chi connectivity index (χ0v) is 15.4. The molecule has 0 amide bonds. The van der Waals surface area contributed by atoms with Gasteiger partial charge in [-0.15, -0.1) is 0 Å². The molecule has 25 heavy (non-hydrogen) atoms. The zero-order valence-electron chi connectivity index (χ0n) is 15.4. The van der Waals surface area contributed by atoms with E-state index in [9.17, 15) is 0 Å². The van der Waals surface area contributed by atoms with Crippen molar-refractivity contribution >= 4 is 11.4 Å². The lowest BCUT2D eigenvalue weighted by molar-refractivity contribution is 0.105. The molecule has 0 radical (unpaired) electrons. The van der Waals surface area contributed by atoms with Gasteiger partial charge in [-0.3, -0.25) is 0 Å². The van der Waals surface area contributed by atoms with Gasteiger partial charge in [-0.05, 0) is 63.9 Å². The zero-order chi connectivity index (χ0) is 17.9. The molecular formula is C21H28N2O2. The first-order valence-corrected chi connectivity index (χ1v) is 8.96. The number of nitrogens with zero attached hydrogens (tertiary/aromatic N) is 1. The van der Waals surface area contributed by atoms with Crippen LogP contribution in [-0.2, 0) is 0 Å². The number of ether oxygens (including phenoxy) is 2. The van der Waals surface area contributed by atoms with E-state index >= 15 is 0 Å². The molecule has 2 aromatic rings. The van der Waals surface area contributed by atoms with E-state index in [-0.39, 0.29) is 5.60 Å². The summed E-state index contributed by atoms with van der Waals surface area (Å²) in [6, 6.07) is 14.1. The minimum absolute atomic E-state index is 0.193. The quantitative estimate of drug-likeness (QED) is 0.625. The normalized spacial score (nSPS) is 15.4. The molecule has 1 aliphatic rings. The molecule has 1 heterocycles. The Hall–Kier alpha value is -2.36. The van der Waals surface area contributed by atoms with E-state index in [1.807, 2.05) is 30.3 Å². The highest BCUT2D eigenvalue weighted by molar-refractivity contribution is 5.66. The van der Waals surface area contributed by atoms with Crippen LogP contribution in [0.1, 0.15) is 32.3 Å². The Bertz CT molecular complexity index is 710. The largest absolute Gasteiger partial charge is 0.494 e. The first-order chi connectivity index (χ1) is 11.9. The second-order valence-electron chi connectivity index (χ2n) is 7.38. The van der Waals surface area contributed by atoms with E-state index in [1.54, 1.807) is 0 Å². The molecule has 0 bridgehead atoms. The lowest BCUT2D eigenvalue weighted by Crippen LogP contribution is -2.47. The average molecular weight is 340 g/mol. The molecule has 0 spiro atoms. The lowest BCUT2D eigenvalue weighted by Gasteiger charge is -2.41. The van der Waals surface area contributed by atoms with Crippen molar-refractivity contribution in [2.45, 2.75) is 39.2 Å². The number of anilines is 2. The van der Waals surface area contributed by atoms with Gasteiger partial charge >= 0.3 is 0 Å². The van der Waals surface area contributed by atoms with Crippen LogP contribution in [-0.4, -0.2) is 25.3 Å². The van der Waals surface area contributed by atoms with E-state index in [2.05, 4.69) is 37.8 Å². The Labute approximate surface area is 150 Å². The summed E-state index contributed by atoms with van der Waals surface area (Å²) in [5, 5.41) is 0. The minimum atomic E-state index is -0.193. The smallest absolute Gasteiger partial charge is 0.143 e. The minimum Gasteiger partial charge on any atom is -0.494 e. The number of fused-ring (bicyclic) bond motifs is 1. The predicted molar refractivity (Wildman–Crippen MR) is 104 cm³/mol. The summed E-state index contributed by atoms with van der Waals surface area (Å²) in [6.07, 6.45) is 2.08. The highest BCUT2D eigenvalue weighted by Gasteiger charge is 2.31. The van der Waals surface area contributed by atoms with Gasteiger partial charge in [-0.2, -0.15) is 0 Å². The van der Waals surface area contributed by atoms with Crippen LogP contribution < -0.4 is 20.1 Å². The van der Waals surface area contributed by atoms with Gasteiger partial charge < -0.3 is 20.1 Å². The maximum absolute atomic E-state index is 6.08. The number of nitrogens with two attached hydrogens (primary N) is 1. The summed E-state index contributed by atoms with van der Waals surface area (Å²) < 4.78 is 11.9. The van der Waals surface area contributed by atoms with E-state index in [4.69, 9.17) is 15.2 Å². The summed E-state index contributed by atoms with van der Waals surface area (Å²) >= 11 is 0. The Morgan fingerprint density at radius 2 is 1.88 bits per heavy atom. The molecule has 2 N–H and O–H groups in total. The molecule has 1 aliphatic heterocycles. The predicted octanol–water partition coefficient (Wildman–Crippen LogP) is 4.41. The van der Waals surface area contributed by atoms with Gasteiger partial charge in [0.1, 0.15) is 17.1 Å². The fourth-order valence-electron chi connectivity index (χ4n) is 3.17. The number of benzene rings is 2. The molecule has 0 unspecified atom stereocenters. The molecule has 0 aromatic heterocycles. The average Bonchev–Trinajstić information content (AvgIpc) is 2.56. The standard InChI is InChI=1S/C21H28N2O2/c1-16-6-9-18(10-7-16)24-13-5-4-12-23-15-21(2,3)25-20-11-8-17(22)14-19(20)23/h6-11,14H,4-5,12-13,15,22H2,1-3H3. The highest BCUT2D eigenvalue weighted by atomic mass is 16.5. The summed E-state index contributed by atoms with van der Waals surface area (Å²) in [5.41, 5.74) is 8.89. The van der Waals surface area contributed by atoms with Gasteiger partial charge in [-0.25, -0.2) is 0 Å². The van der Waals surface area contributed by atoms with Crippen LogP contribution in [0.2, 0.25) is 0 Å². The van der Waals surface area contributed by atoms with E-state index in [0.717, 1.165) is 55.4 Å². The van der Waals surface area contributed by atoms with E-state index < -0.39 is 0 Å². The fraction of sp³-hybridized carbons (Fsp3) is 0.429. The van der Waals surface area contributed by atoms with Gasteiger partial charge in [0, 0.05) is 12.2 Å². The van der Waals surface area contributed by atoms with Crippen LogP contribution in [0.3, 0.4) is 0 Å². The Kier molecular flexibility index (Phi) is 5.07. The molecule has 0 saturated heterocycles. The van der Waals surface area contributed by atoms with Gasteiger partial charge in [-0.1, -0.05) is 17.7 Å². The van der Waals surface area contributed by atoms with Crippen LogP contribution in [0.5, 0.6) is 11.5 Å². The van der Waals surface area contributed by atoms with Crippen molar-refractivity contribution in [1.29, 1.82) is 0 Å². The fourth-order valence-corrected chi connectivity index (χ4v) is 3.17. The monoisotopic (exact) mass is 340 g/mol. The number of aryl methyl sites for hydroxylation is 1. The van der Waals surface area contributed by atoms with Gasteiger partial charge in [0.2, 0.25) is 0 Å². The van der Waals surface area contributed by atoms with Crippen molar-refractivity contribution in [3.05, 3.63) is 48.0 Å². The second-order valence-corrected chi connectivity index (χ2v) is 7.38. The maximum Gasteiger partial charge on any atom is 0.143 e. The first-order valence-electron chi connectivity index (χ1n) is 8.96. The Morgan fingerprint density at radius 3 is 2.64 bits per heavy atom. The Balaban J connectivity index is 1.52. The van der Waals surface area contributed by atoms with Crippen LogP contribution in [0.25, 0.3) is 0 Å². The summed E-state index contributed by atoms with van der Waals surface area (Å²) in [4.78, 5) is 2.38. The van der Waals surface area contributed by atoms with E-state index in [1.165, 1.54) is 5.56 Å². The van der Waals surface area contributed by atoms with Crippen molar-refractivity contribution in [3.8, 4) is 11.5 Å². The SMILES string of the molecule is Cc1ccc(OCCCCN2CC(C)(C)Oc3ccc(N)cc32)cc1. The molecule has 2 aromatic carbocycles. The van der Waals surface area contributed by atoms with E-state index in [0.29, 0.717) is 0 Å². The maximum atomic E-state index is 6.08. The molecule has 3 rings (SSSR count). The van der Waals surface area contributed by atoms with Crippen LogP contribution in [0.4, 0.5) is 11.4 Å². The van der Waals surface area contributed by atoms with Crippen LogP contribution >= 0.6 is 0 Å². The third-order valence-corrected chi connectivity index (χ3v) is 4.39.